The predicted molar refractivity (Wildman–Crippen MR) is 93.4 cm³/mol. The minimum atomic E-state index is -2.70. The SMILES string of the molecule is O=c1c(Cl)c(N2CCN(Cc3ccc(F)cc3F)CC2)cnn1CC(F)F. The molecule has 3 rings (SSSR count). The molecule has 1 aromatic heterocycles. The summed E-state index contributed by atoms with van der Waals surface area (Å²) in [6.07, 6.45) is -1.39. The second-order valence-electron chi connectivity index (χ2n) is 6.22. The first-order valence-electron chi connectivity index (χ1n) is 8.30. The number of anilines is 1. The Balaban J connectivity index is 1.65. The fourth-order valence-corrected chi connectivity index (χ4v) is 3.24. The van der Waals surface area contributed by atoms with Crippen molar-refractivity contribution >= 4 is 17.3 Å². The molecule has 0 amide bonds. The summed E-state index contributed by atoms with van der Waals surface area (Å²) < 4.78 is 52.3. The van der Waals surface area contributed by atoms with Crippen LogP contribution in [-0.2, 0) is 13.1 Å². The molecule has 0 bridgehead atoms. The maximum absolute atomic E-state index is 13.8. The summed E-state index contributed by atoms with van der Waals surface area (Å²) in [5.74, 6) is -1.21. The molecule has 2 aromatic rings. The molecule has 0 saturated carbocycles. The van der Waals surface area contributed by atoms with Crippen LogP contribution in [0.2, 0.25) is 5.02 Å². The molecular formula is C17H17ClF4N4O. The minimum absolute atomic E-state index is 0.149. The molecule has 0 atom stereocenters. The van der Waals surface area contributed by atoms with Crippen LogP contribution < -0.4 is 10.5 Å². The highest BCUT2D eigenvalue weighted by atomic mass is 35.5. The number of aromatic nitrogens is 2. The summed E-state index contributed by atoms with van der Waals surface area (Å²) >= 11 is 6.06. The number of nitrogens with zero attached hydrogens (tertiary/aromatic N) is 4. The number of benzene rings is 1. The normalized spacial score (nSPS) is 15.6. The molecule has 1 saturated heterocycles. The molecule has 2 heterocycles. The van der Waals surface area contributed by atoms with Gasteiger partial charge in [0, 0.05) is 44.4 Å². The van der Waals surface area contributed by atoms with Crippen LogP contribution >= 0.6 is 11.6 Å². The Labute approximate surface area is 157 Å². The topological polar surface area (TPSA) is 41.4 Å². The van der Waals surface area contributed by atoms with Crippen LogP contribution in [0, 0.1) is 11.6 Å². The van der Waals surface area contributed by atoms with Gasteiger partial charge in [-0.1, -0.05) is 17.7 Å². The molecule has 146 valence electrons. The van der Waals surface area contributed by atoms with E-state index in [1.54, 1.807) is 0 Å². The predicted octanol–water partition coefficient (Wildman–Crippen LogP) is 2.76. The summed E-state index contributed by atoms with van der Waals surface area (Å²) in [7, 11) is 0. The van der Waals surface area contributed by atoms with Gasteiger partial charge in [0.25, 0.3) is 12.0 Å². The summed E-state index contributed by atoms with van der Waals surface area (Å²) in [5.41, 5.74) is 0.0317. The third-order valence-electron chi connectivity index (χ3n) is 4.40. The van der Waals surface area contributed by atoms with Crippen molar-refractivity contribution in [2.75, 3.05) is 31.1 Å². The lowest BCUT2D eigenvalue weighted by atomic mass is 10.1. The van der Waals surface area contributed by atoms with Gasteiger partial charge in [0.05, 0.1) is 11.9 Å². The standard InChI is InChI=1S/C17H17ClF4N4O/c18-16-14(8-23-26(17(16)27)10-15(21)22)25-5-3-24(4-6-25)9-11-1-2-12(19)7-13(11)20/h1-2,7-8,15H,3-6,9-10H2. The lowest BCUT2D eigenvalue weighted by molar-refractivity contribution is 0.119. The van der Waals surface area contributed by atoms with E-state index < -0.39 is 30.2 Å². The molecule has 10 heteroatoms. The van der Waals surface area contributed by atoms with E-state index >= 15 is 0 Å². The van der Waals surface area contributed by atoms with Crippen molar-refractivity contribution in [1.29, 1.82) is 0 Å². The summed E-state index contributed by atoms with van der Waals surface area (Å²) in [4.78, 5) is 15.9. The molecular weight excluding hydrogens is 388 g/mol. The smallest absolute Gasteiger partial charge is 0.287 e. The summed E-state index contributed by atoms with van der Waals surface area (Å²) in [5, 5.41) is 3.61. The molecule has 1 fully saturated rings. The second kappa shape index (κ2) is 8.26. The monoisotopic (exact) mass is 404 g/mol. The lowest BCUT2D eigenvalue weighted by Gasteiger charge is -2.36. The summed E-state index contributed by atoms with van der Waals surface area (Å²) in [6.45, 7) is 1.66. The molecule has 0 N–H and O–H groups in total. The Morgan fingerprint density at radius 3 is 2.48 bits per heavy atom. The number of piperazine rings is 1. The van der Waals surface area contributed by atoms with Gasteiger partial charge in [-0.25, -0.2) is 22.2 Å². The molecule has 27 heavy (non-hydrogen) atoms. The van der Waals surface area contributed by atoms with E-state index in [1.165, 1.54) is 18.3 Å². The average Bonchev–Trinajstić information content (AvgIpc) is 2.62. The first-order valence-corrected chi connectivity index (χ1v) is 8.68. The number of halogens is 5. The van der Waals surface area contributed by atoms with E-state index in [1.807, 2.05) is 9.80 Å². The molecule has 5 nitrogen and oxygen atoms in total. The van der Waals surface area contributed by atoms with Crippen molar-refractivity contribution < 1.29 is 17.6 Å². The van der Waals surface area contributed by atoms with Crippen LogP contribution in [0.1, 0.15) is 5.56 Å². The van der Waals surface area contributed by atoms with Crippen molar-refractivity contribution in [3.8, 4) is 0 Å². The van der Waals surface area contributed by atoms with Crippen LogP contribution in [-0.4, -0.2) is 47.3 Å². The largest absolute Gasteiger partial charge is 0.366 e. The number of alkyl halides is 2. The molecule has 1 aromatic carbocycles. The van der Waals surface area contributed by atoms with Crippen molar-refractivity contribution in [2.24, 2.45) is 0 Å². The third-order valence-corrected chi connectivity index (χ3v) is 4.75. The number of rotatable bonds is 5. The molecule has 0 unspecified atom stereocenters. The fraction of sp³-hybridized carbons (Fsp3) is 0.412. The van der Waals surface area contributed by atoms with E-state index in [0.29, 0.717) is 48.7 Å². The quantitative estimate of drug-likeness (QED) is 0.719. The lowest BCUT2D eigenvalue weighted by Crippen LogP contribution is -2.46. The van der Waals surface area contributed by atoms with Crippen molar-refractivity contribution in [3.05, 3.63) is 57.0 Å². The van der Waals surface area contributed by atoms with Gasteiger partial charge in [0.2, 0.25) is 0 Å². The van der Waals surface area contributed by atoms with Crippen LogP contribution in [0.4, 0.5) is 23.2 Å². The Kier molecular flexibility index (Phi) is 6.01. The third kappa shape index (κ3) is 4.59. The van der Waals surface area contributed by atoms with Gasteiger partial charge in [0.1, 0.15) is 23.2 Å². The van der Waals surface area contributed by atoms with E-state index in [9.17, 15) is 22.4 Å². The fourth-order valence-electron chi connectivity index (χ4n) is 2.98. The Morgan fingerprint density at radius 1 is 1.15 bits per heavy atom. The highest BCUT2D eigenvalue weighted by Gasteiger charge is 2.22. The van der Waals surface area contributed by atoms with Crippen LogP contribution in [0.3, 0.4) is 0 Å². The maximum atomic E-state index is 13.8. The van der Waals surface area contributed by atoms with Crippen LogP contribution in [0.15, 0.2) is 29.2 Å². The van der Waals surface area contributed by atoms with Gasteiger partial charge < -0.3 is 4.90 Å². The van der Waals surface area contributed by atoms with Gasteiger partial charge in [-0.15, -0.1) is 0 Å². The zero-order valence-electron chi connectivity index (χ0n) is 14.2. The molecule has 1 aliphatic rings. The summed E-state index contributed by atoms with van der Waals surface area (Å²) in [6, 6.07) is 3.49. The van der Waals surface area contributed by atoms with Gasteiger partial charge in [0.15, 0.2) is 0 Å². The second-order valence-corrected chi connectivity index (χ2v) is 6.60. The molecule has 0 radical (unpaired) electrons. The van der Waals surface area contributed by atoms with Crippen LogP contribution in [0.5, 0.6) is 0 Å². The van der Waals surface area contributed by atoms with Crippen LogP contribution in [0.25, 0.3) is 0 Å². The van der Waals surface area contributed by atoms with Gasteiger partial charge in [-0.3, -0.25) is 9.69 Å². The maximum Gasteiger partial charge on any atom is 0.287 e. The van der Waals surface area contributed by atoms with Gasteiger partial charge in [-0.05, 0) is 6.07 Å². The number of hydrogen-bond acceptors (Lipinski definition) is 4. The number of hydrogen-bond donors (Lipinski definition) is 0. The minimum Gasteiger partial charge on any atom is -0.366 e. The van der Waals surface area contributed by atoms with E-state index in [-0.39, 0.29) is 5.02 Å². The van der Waals surface area contributed by atoms with E-state index in [0.717, 1.165) is 6.07 Å². The van der Waals surface area contributed by atoms with Crippen molar-refractivity contribution in [1.82, 2.24) is 14.7 Å². The first-order chi connectivity index (χ1) is 12.8. The highest BCUT2D eigenvalue weighted by molar-refractivity contribution is 6.33. The molecule has 0 aliphatic carbocycles. The molecule has 1 aliphatic heterocycles. The Hall–Kier alpha value is -2.13. The molecule has 0 spiro atoms. The zero-order valence-corrected chi connectivity index (χ0v) is 15.0. The average molecular weight is 405 g/mol. The first kappa shape index (κ1) is 19.6. The Morgan fingerprint density at radius 2 is 1.85 bits per heavy atom. The zero-order chi connectivity index (χ0) is 19.6. The Bertz CT molecular complexity index is 868. The van der Waals surface area contributed by atoms with Gasteiger partial charge in [-0.2, -0.15) is 5.10 Å². The van der Waals surface area contributed by atoms with Gasteiger partial charge >= 0.3 is 0 Å². The van der Waals surface area contributed by atoms with E-state index in [4.69, 9.17) is 11.6 Å². The van der Waals surface area contributed by atoms with Crippen molar-refractivity contribution in [2.45, 2.75) is 19.5 Å². The highest BCUT2D eigenvalue weighted by Crippen LogP contribution is 2.23. The van der Waals surface area contributed by atoms with E-state index in [2.05, 4.69) is 5.10 Å². The van der Waals surface area contributed by atoms with Crippen molar-refractivity contribution in [3.63, 3.8) is 0 Å².